The van der Waals surface area contributed by atoms with E-state index in [0.717, 1.165) is 18.6 Å². The SMILES string of the molecule is I.NC(=NCC(O)c1ccc(OC(F)(F)F)cc1)NCCc1cccs1. The molecule has 0 saturated heterocycles. The maximum absolute atomic E-state index is 12.1. The van der Waals surface area contributed by atoms with Gasteiger partial charge in [0.25, 0.3) is 0 Å². The van der Waals surface area contributed by atoms with Gasteiger partial charge < -0.3 is 20.9 Å². The van der Waals surface area contributed by atoms with Gasteiger partial charge in [0.2, 0.25) is 0 Å². The number of rotatable bonds is 7. The lowest BCUT2D eigenvalue weighted by molar-refractivity contribution is -0.274. The Labute approximate surface area is 170 Å². The Bertz CT molecular complexity index is 679. The van der Waals surface area contributed by atoms with Crippen LogP contribution in [0.2, 0.25) is 0 Å². The number of halogens is 4. The number of aliphatic hydroxyl groups is 1. The molecule has 1 atom stereocenters. The van der Waals surface area contributed by atoms with Crippen LogP contribution >= 0.6 is 35.3 Å². The summed E-state index contributed by atoms with van der Waals surface area (Å²) in [4.78, 5) is 5.25. The first kappa shape index (κ1) is 22.5. The lowest BCUT2D eigenvalue weighted by Gasteiger charge is -2.12. The molecule has 0 spiro atoms. The van der Waals surface area contributed by atoms with Gasteiger partial charge in [-0.3, -0.25) is 4.99 Å². The number of thiophene rings is 1. The zero-order chi connectivity index (χ0) is 18.3. The summed E-state index contributed by atoms with van der Waals surface area (Å²) in [7, 11) is 0. The highest BCUT2D eigenvalue weighted by molar-refractivity contribution is 14.0. The second kappa shape index (κ2) is 10.6. The van der Waals surface area contributed by atoms with Gasteiger partial charge >= 0.3 is 6.36 Å². The molecule has 0 aliphatic carbocycles. The molecular weight excluding hydrogens is 482 g/mol. The largest absolute Gasteiger partial charge is 0.573 e. The molecule has 2 aromatic rings. The molecule has 0 amide bonds. The molecule has 144 valence electrons. The number of benzene rings is 1. The number of aliphatic hydroxyl groups excluding tert-OH is 1. The van der Waals surface area contributed by atoms with Crippen LogP contribution in [0.1, 0.15) is 16.5 Å². The maximum Gasteiger partial charge on any atom is 0.573 e. The number of hydrogen-bond donors (Lipinski definition) is 3. The van der Waals surface area contributed by atoms with Gasteiger partial charge in [-0.2, -0.15) is 0 Å². The fraction of sp³-hybridized carbons (Fsp3) is 0.312. The van der Waals surface area contributed by atoms with Crippen LogP contribution in [0, 0.1) is 0 Å². The number of aliphatic imine (C=N–C) groups is 1. The minimum absolute atomic E-state index is 0. The fourth-order valence-corrected chi connectivity index (χ4v) is 2.72. The highest BCUT2D eigenvalue weighted by Crippen LogP contribution is 2.24. The van der Waals surface area contributed by atoms with Crippen LogP contribution in [0.25, 0.3) is 0 Å². The molecule has 0 bridgehead atoms. The molecule has 1 heterocycles. The Morgan fingerprint density at radius 1 is 1.27 bits per heavy atom. The van der Waals surface area contributed by atoms with Crippen molar-refractivity contribution in [3.63, 3.8) is 0 Å². The van der Waals surface area contributed by atoms with E-state index in [1.807, 2.05) is 17.5 Å². The lowest BCUT2D eigenvalue weighted by Crippen LogP contribution is -2.33. The molecule has 1 aromatic carbocycles. The van der Waals surface area contributed by atoms with Crippen molar-refractivity contribution in [1.29, 1.82) is 0 Å². The van der Waals surface area contributed by atoms with Crippen molar-refractivity contribution in [3.05, 3.63) is 52.2 Å². The smallest absolute Gasteiger partial charge is 0.406 e. The Morgan fingerprint density at radius 2 is 1.96 bits per heavy atom. The zero-order valence-corrected chi connectivity index (χ0v) is 16.7. The van der Waals surface area contributed by atoms with Crippen molar-refractivity contribution in [2.45, 2.75) is 18.9 Å². The van der Waals surface area contributed by atoms with Gasteiger partial charge in [-0.05, 0) is 35.6 Å². The van der Waals surface area contributed by atoms with Crippen LogP contribution in [0.5, 0.6) is 5.75 Å². The van der Waals surface area contributed by atoms with Crippen molar-refractivity contribution in [2.75, 3.05) is 13.1 Å². The monoisotopic (exact) mass is 501 g/mol. The molecule has 5 nitrogen and oxygen atoms in total. The molecule has 0 saturated carbocycles. The quantitative estimate of drug-likeness (QED) is 0.309. The van der Waals surface area contributed by atoms with Crippen LogP contribution in [-0.2, 0) is 6.42 Å². The van der Waals surface area contributed by atoms with Crippen molar-refractivity contribution in [2.24, 2.45) is 10.7 Å². The second-order valence-electron chi connectivity index (χ2n) is 5.11. The predicted octanol–water partition coefficient (Wildman–Crippen LogP) is 3.45. The number of nitrogens with two attached hydrogens (primary N) is 1. The molecule has 2 rings (SSSR count). The summed E-state index contributed by atoms with van der Waals surface area (Å²) < 4.78 is 40.0. The maximum atomic E-state index is 12.1. The van der Waals surface area contributed by atoms with E-state index in [9.17, 15) is 18.3 Å². The summed E-state index contributed by atoms with van der Waals surface area (Å²) in [5.41, 5.74) is 6.14. The van der Waals surface area contributed by atoms with Gasteiger partial charge in [0.1, 0.15) is 5.75 Å². The lowest BCUT2D eigenvalue weighted by atomic mass is 10.1. The average molecular weight is 501 g/mol. The minimum atomic E-state index is -4.74. The molecular formula is C16H19F3IN3O2S. The van der Waals surface area contributed by atoms with Crippen LogP contribution in [0.3, 0.4) is 0 Å². The molecule has 0 fully saturated rings. The van der Waals surface area contributed by atoms with Gasteiger partial charge in [0.15, 0.2) is 5.96 Å². The van der Waals surface area contributed by atoms with E-state index in [1.54, 1.807) is 11.3 Å². The Kier molecular flexibility index (Phi) is 9.16. The first-order valence-corrected chi connectivity index (χ1v) is 8.31. The van der Waals surface area contributed by atoms with E-state index >= 15 is 0 Å². The van der Waals surface area contributed by atoms with Gasteiger partial charge in [-0.1, -0.05) is 18.2 Å². The molecule has 4 N–H and O–H groups in total. The van der Waals surface area contributed by atoms with Crippen LogP contribution in [0.4, 0.5) is 13.2 Å². The van der Waals surface area contributed by atoms with E-state index in [4.69, 9.17) is 5.73 Å². The third-order valence-electron chi connectivity index (χ3n) is 3.19. The van der Waals surface area contributed by atoms with Gasteiger partial charge in [-0.25, -0.2) is 0 Å². The minimum Gasteiger partial charge on any atom is -0.406 e. The Morgan fingerprint density at radius 3 is 2.54 bits per heavy atom. The number of guanidine groups is 1. The third-order valence-corrected chi connectivity index (χ3v) is 4.13. The van der Waals surface area contributed by atoms with Crippen molar-refractivity contribution in [1.82, 2.24) is 5.32 Å². The van der Waals surface area contributed by atoms with E-state index < -0.39 is 12.5 Å². The van der Waals surface area contributed by atoms with E-state index in [-0.39, 0.29) is 42.2 Å². The van der Waals surface area contributed by atoms with Gasteiger partial charge in [0, 0.05) is 11.4 Å². The summed E-state index contributed by atoms with van der Waals surface area (Å²) in [6, 6.07) is 8.97. The Balaban J connectivity index is 0.00000338. The topological polar surface area (TPSA) is 79.9 Å². The Hall–Kier alpha value is -1.53. The average Bonchev–Trinajstić information content (AvgIpc) is 3.05. The van der Waals surface area contributed by atoms with E-state index in [2.05, 4.69) is 15.0 Å². The second-order valence-corrected chi connectivity index (χ2v) is 6.15. The summed E-state index contributed by atoms with van der Waals surface area (Å²) in [6.45, 7) is 0.618. The van der Waals surface area contributed by atoms with Crippen molar-refractivity contribution in [3.8, 4) is 5.75 Å². The summed E-state index contributed by atoms with van der Waals surface area (Å²) in [5.74, 6) is -0.144. The highest BCUT2D eigenvalue weighted by atomic mass is 127. The standard InChI is InChI=1S/C16H18F3N3O2S.HI/c17-16(18,19)24-12-5-3-11(4-6-12)14(23)10-22-15(20)21-8-7-13-2-1-9-25-13;/h1-6,9,14,23H,7-8,10H2,(H3,20,21,22);1H. The predicted molar refractivity (Wildman–Crippen MR) is 106 cm³/mol. The molecule has 10 heteroatoms. The fourth-order valence-electron chi connectivity index (χ4n) is 2.01. The zero-order valence-electron chi connectivity index (χ0n) is 13.6. The summed E-state index contributed by atoms with van der Waals surface area (Å²) >= 11 is 1.65. The van der Waals surface area contributed by atoms with Crippen molar-refractivity contribution >= 4 is 41.3 Å². The molecule has 0 aliphatic rings. The summed E-state index contributed by atoms with van der Waals surface area (Å²) in [5, 5.41) is 15.0. The first-order chi connectivity index (χ1) is 11.8. The highest BCUT2D eigenvalue weighted by Gasteiger charge is 2.31. The van der Waals surface area contributed by atoms with Crippen LogP contribution in [0.15, 0.2) is 46.8 Å². The molecule has 1 aromatic heterocycles. The normalized spacial score (nSPS) is 13.0. The van der Waals surface area contributed by atoms with Crippen molar-refractivity contribution < 1.29 is 23.0 Å². The number of alkyl halides is 3. The first-order valence-electron chi connectivity index (χ1n) is 7.43. The number of ether oxygens (including phenoxy) is 1. The number of hydrogen-bond acceptors (Lipinski definition) is 4. The number of nitrogens with one attached hydrogen (secondary N) is 1. The van der Waals surface area contributed by atoms with E-state index in [1.165, 1.54) is 17.0 Å². The molecule has 1 unspecified atom stereocenters. The number of nitrogens with zero attached hydrogens (tertiary/aromatic N) is 1. The molecule has 0 aliphatic heterocycles. The van der Waals surface area contributed by atoms with Gasteiger partial charge in [-0.15, -0.1) is 48.5 Å². The van der Waals surface area contributed by atoms with E-state index in [0.29, 0.717) is 12.1 Å². The molecule has 26 heavy (non-hydrogen) atoms. The van der Waals surface area contributed by atoms with Crippen LogP contribution in [-0.4, -0.2) is 30.5 Å². The third kappa shape index (κ3) is 8.23. The van der Waals surface area contributed by atoms with Crippen LogP contribution < -0.4 is 15.8 Å². The van der Waals surface area contributed by atoms with Gasteiger partial charge in [0.05, 0.1) is 12.6 Å². The molecule has 0 radical (unpaired) electrons. The summed E-state index contributed by atoms with van der Waals surface area (Å²) in [6.07, 6.45) is -4.90.